The molecule has 3 heteroatoms. The summed E-state index contributed by atoms with van der Waals surface area (Å²) >= 11 is 0. The summed E-state index contributed by atoms with van der Waals surface area (Å²) in [5.74, 6) is 0.364. The predicted octanol–water partition coefficient (Wildman–Crippen LogP) is 3.55. The average molecular weight is 239 g/mol. The fourth-order valence-electron chi connectivity index (χ4n) is 2.19. The summed E-state index contributed by atoms with van der Waals surface area (Å²) in [7, 11) is 0. The van der Waals surface area contributed by atoms with E-state index >= 15 is 0 Å². The lowest BCUT2D eigenvalue weighted by Gasteiger charge is -2.06. The average Bonchev–Trinajstić information content (AvgIpc) is 2.78. The van der Waals surface area contributed by atoms with Gasteiger partial charge in [0.25, 0.3) is 0 Å². The van der Waals surface area contributed by atoms with E-state index in [0.29, 0.717) is 11.1 Å². The Bertz CT molecular complexity index is 728. The number of aryl methyl sites for hydroxylation is 1. The van der Waals surface area contributed by atoms with Crippen molar-refractivity contribution < 1.29 is 10.2 Å². The van der Waals surface area contributed by atoms with E-state index in [2.05, 4.69) is 4.98 Å². The Morgan fingerprint density at radius 2 is 1.72 bits per heavy atom. The summed E-state index contributed by atoms with van der Waals surface area (Å²) in [6, 6.07) is 11.0. The molecule has 0 aliphatic heterocycles. The maximum atomic E-state index is 10.0. The van der Waals surface area contributed by atoms with Crippen molar-refractivity contribution in [2.45, 2.75) is 6.92 Å². The highest BCUT2D eigenvalue weighted by Gasteiger charge is 2.12. The molecule has 0 saturated heterocycles. The lowest BCUT2D eigenvalue weighted by Crippen LogP contribution is -1.81. The number of phenolic OH excluding ortho intramolecular Hbond substituents is 2. The number of hydrogen-bond acceptors (Lipinski definition) is 2. The van der Waals surface area contributed by atoms with Crippen LogP contribution in [0.25, 0.3) is 22.0 Å². The normalized spacial score (nSPS) is 10.9. The number of para-hydroxylation sites is 1. The van der Waals surface area contributed by atoms with Gasteiger partial charge in [0.05, 0.1) is 0 Å². The highest BCUT2D eigenvalue weighted by molar-refractivity contribution is 5.97. The van der Waals surface area contributed by atoms with Gasteiger partial charge in [0, 0.05) is 28.2 Å². The molecule has 0 bridgehead atoms. The first-order valence-electron chi connectivity index (χ1n) is 5.76. The SMILES string of the molecule is Cc1cc(O)c(-c2c[nH]c3ccccc23)cc1O. The van der Waals surface area contributed by atoms with Crippen molar-refractivity contribution in [3.63, 3.8) is 0 Å². The largest absolute Gasteiger partial charge is 0.508 e. The van der Waals surface area contributed by atoms with Gasteiger partial charge in [-0.1, -0.05) is 18.2 Å². The lowest BCUT2D eigenvalue weighted by molar-refractivity contribution is 0.458. The molecule has 2 aromatic carbocycles. The monoisotopic (exact) mass is 239 g/mol. The van der Waals surface area contributed by atoms with Crippen molar-refractivity contribution in [2.24, 2.45) is 0 Å². The van der Waals surface area contributed by atoms with Gasteiger partial charge in [0.15, 0.2) is 0 Å². The first-order chi connectivity index (χ1) is 8.66. The Morgan fingerprint density at radius 1 is 0.944 bits per heavy atom. The smallest absolute Gasteiger partial charge is 0.124 e. The summed E-state index contributed by atoms with van der Waals surface area (Å²) in [4.78, 5) is 3.16. The first kappa shape index (κ1) is 10.7. The summed E-state index contributed by atoms with van der Waals surface area (Å²) in [6.07, 6.45) is 1.84. The molecule has 0 spiro atoms. The second kappa shape index (κ2) is 3.81. The van der Waals surface area contributed by atoms with Crippen LogP contribution in [0.4, 0.5) is 0 Å². The number of nitrogens with one attached hydrogen (secondary N) is 1. The van der Waals surface area contributed by atoms with E-state index in [-0.39, 0.29) is 11.5 Å². The Labute approximate surface area is 104 Å². The molecule has 90 valence electrons. The molecule has 1 heterocycles. The number of H-pyrrole nitrogens is 1. The van der Waals surface area contributed by atoms with Gasteiger partial charge in [-0.25, -0.2) is 0 Å². The highest BCUT2D eigenvalue weighted by Crippen LogP contribution is 2.38. The summed E-state index contributed by atoms with van der Waals surface area (Å²) in [5, 5.41) is 20.8. The number of benzene rings is 2. The molecule has 0 amide bonds. The van der Waals surface area contributed by atoms with Crippen LogP contribution in [0.1, 0.15) is 5.56 Å². The molecular formula is C15H13NO2. The maximum absolute atomic E-state index is 10.0. The van der Waals surface area contributed by atoms with Crippen molar-refractivity contribution in [1.29, 1.82) is 0 Å². The van der Waals surface area contributed by atoms with E-state index in [0.717, 1.165) is 16.5 Å². The van der Waals surface area contributed by atoms with Crippen LogP contribution in [0.3, 0.4) is 0 Å². The van der Waals surface area contributed by atoms with Crippen LogP contribution < -0.4 is 0 Å². The van der Waals surface area contributed by atoms with Gasteiger partial charge in [0.1, 0.15) is 11.5 Å². The van der Waals surface area contributed by atoms with Crippen LogP contribution in [0, 0.1) is 6.92 Å². The Morgan fingerprint density at radius 3 is 2.56 bits per heavy atom. The molecule has 3 N–H and O–H groups in total. The molecule has 18 heavy (non-hydrogen) atoms. The van der Waals surface area contributed by atoms with Crippen LogP contribution in [0.2, 0.25) is 0 Å². The van der Waals surface area contributed by atoms with Crippen molar-refractivity contribution in [3.8, 4) is 22.6 Å². The molecule has 0 atom stereocenters. The minimum Gasteiger partial charge on any atom is -0.508 e. The molecule has 0 fully saturated rings. The number of fused-ring (bicyclic) bond motifs is 1. The van der Waals surface area contributed by atoms with E-state index < -0.39 is 0 Å². The summed E-state index contributed by atoms with van der Waals surface area (Å²) in [6.45, 7) is 1.76. The van der Waals surface area contributed by atoms with Gasteiger partial charge in [-0.05, 0) is 30.7 Å². The van der Waals surface area contributed by atoms with E-state index in [1.165, 1.54) is 0 Å². The fourth-order valence-corrected chi connectivity index (χ4v) is 2.19. The highest BCUT2D eigenvalue weighted by atomic mass is 16.3. The predicted molar refractivity (Wildman–Crippen MR) is 71.8 cm³/mol. The zero-order chi connectivity index (χ0) is 12.7. The number of rotatable bonds is 1. The second-order valence-corrected chi connectivity index (χ2v) is 4.40. The third kappa shape index (κ3) is 1.52. The lowest BCUT2D eigenvalue weighted by atomic mass is 10.0. The van der Waals surface area contributed by atoms with Gasteiger partial charge in [-0.3, -0.25) is 0 Å². The van der Waals surface area contributed by atoms with Crippen LogP contribution in [-0.4, -0.2) is 15.2 Å². The first-order valence-corrected chi connectivity index (χ1v) is 5.76. The number of aromatic amines is 1. The van der Waals surface area contributed by atoms with Gasteiger partial charge in [-0.2, -0.15) is 0 Å². The fraction of sp³-hybridized carbons (Fsp3) is 0.0667. The second-order valence-electron chi connectivity index (χ2n) is 4.40. The van der Waals surface area contributed by atoms with Crippen LogP contribution in [-0.2, 0) is 0 Å². The quantitative estimate of drug-likeness (QED) is 0.569. The molecule has 0 radical (unpaired) electrons. The molecule has 3 rings (SSSR count). The van der Waals surface area contributed by atoms with E-state index in [9.17, 15) is 10.2 Å². The van der Waals surface area contributed by atoms with E-state index in [1.54, 1.807) is 19.1 Å². The molecule has 0 saturated carbocycles. The summed E-state index contributed by atoms with van der Waals surface area (Å²) in [5.41, 5.74) is 3.19. The van der Waals surface area contributed by atoms with E-state index in [4.69, 9.17) is 0 Å². The van der Waals surface area contributed by atoms with Crippen molar-refractivity contribution in [2.75, 3.05) is 0 Å². The Kier molecular flexibility index (Phi) is 2.27. The number of aromatic hydroxyl groups is 2. The third-order valence-electron chi connectivity index (χ3n) is 3.19. The standard InChI is InChI=1S/C15H13NO2/c1-9-6-15(18)11(7-14(9)17)12-8-16-13-5-3-2-4-10(12)13/h2-8,16-18H,1H3. The number of phenols is 2. The van der Waals surface area contributed by atoms with E-state index in [1.807, 2.05) is 30.5 Å². The van der Waals surface area contributed by atoms with Gasteiger partial charge < -0.3 is 15.2 Å². The topological polar surface area (TPSA) is 56.2 Å². The third-order valence-corrected chi connectivity index (χ3v) is 3.19. The van der Waals surface area contributed by atoms with Gasteiger partial charge >= 0.3 is 0 Å². The van der Waals surface area contributed by atoms with Crippen LogP contribution in [0.5, 0.6) is 11.5 Å². The molecule has 0 aliphatic carbocycles. The van der Waals surface area contributed by atoms with Crippen LogP contribution in [0.15, 0.2) is 42.6 Å². The molecule has 1 aromatic heterocycles. The molecular weight excluding hydrogens is 226 g/mol. The minimum atomic E-state index is 0.176. The molecule has 3 aromatic rings. The summed E-state index contributed by atoms with van der Waals surface area (Å²) < 4.78 is 0. The zero-order valence-corrected chi connectivity index (χ0v) is 9.94. The van der Waals surface area contributed by atoms with Gasteiger partial charge in [-0.15, -0.1) is 0 Å². The van der Waals surface area contributed by atoms with Crippen molar-refractivity contribution >= 4 is 10.9 Å². The van der Waals surface area contributed by atoms with Crippen LogP contribution >= 0.6 is 0 Å². The molecule has 3 nitrogen and oxygen atoms in total. The molecule has 0 unspecified atom stereocenters. The molecule has 0 aliphatic rings. The Hall–Kier alpha value is -2.42. The van der Waals surface area contributed by atoms with Crippen molar-refractivity contribution in [1.82, 2.24) is 4.98 Å². The minimum absolute atomic E-state index is 0.176. The maximum Gasteiger partial charge on any atom is 0.124 e. The number of aromatic nitrogens is 1. The zero-order valence-electron chi connectivity index (χ0n) is 9.94. The number of hydrogen-bond donors (Lipinski definition) is 3. The van der Waals surface area contributed by atoms with Gasteiger partial charge in [0.2, 0.25) is 0 Å². The Balaban J connectivity index is 2.29. The van der Waals surface area contributed by atoms with Crippen molar-refractivity contribution in [3.05, 3.63) is 48.2 Å².